The van der Waals surface area contributed by atoms with E-state index in [1.807, 2.05) is 42.5 Å². The number of aromatic hydroxyl groups is 1. The Bertz CT molecular complexity index is 904. The molecule has 5 heteroatoms. The van der Waals surface area contributed by atoms with Gasteiger partial charge in [0.05, 0.1) is 11.9 Å². The maximum Gasteiger partial charge on any atom is 0.222 e. The summed E-state index contributed by atoms with van der Waals surface area (Å²) in [7, 11) is 0. The number of hydrogen-bond donors (Lipinski definition) is 2. The summed E-state index contributed by atoms with van der Waals surface area (Å²) in [4.78, 5) is 20.3. The monoisotopic (exact) mass is 331 g/mol. The molecule has 0 fully saturated rings. The molecule has 0 radical (unpaired) electrons. The number of hydrogen-bond acceptors (Lipinski definition) is 4. The van der Waals surface area contributed by atoms with Crippen LogP contribution in [0.15, 0.2) is 60.8 Å². The number of rotatable bonds is 4. The van der Waals surface area contributed by atoms with Crippen molar-refractivity contribution in [2.45, 2.75) is 6.92 Å². The molecule has 0 aliphatic rings. The fraction of sp³-hybridized carbons (Fsp3) is 0.0500. The number of phenols is 1. The molecule has 1 amide bonds. The first-order chi connectivity index (χ1) is 12.1. The van der Waals surface area contributed by atoms with E-state index in [0.29, 0.717) is 17.2 Å². The lowest BCUT2D eigenvalue weighted by Crippen LogP contribution is -2.10. The smallest absolute Gasteiger partial charge is 0.222 e. The van der Waals surface area contributed by atoms with Crippen molar-refractivity contribution in [2.75, 3.05) is 5.32 Å². The van der Waals surface area contributed by atoms with Gasteiger partial charge in [0.2, 0.25) is 5.91 Å². The first-order valence-electron chi connectivity index (χ1n) is 7.79. The molecular weight excluding hydrogens is 314 g/mol. The lowest BCUT2D eigenvalue weighted by atomic mass is 10.1. The van der Waals surface area contributed by atoms with Crippen molar-refractivity contribution in [3.05, 3.63) is 72.1 Å². The lowest BCUT2D eigenvalue weighted by molar-refractivity contribution is -0.114. The molecule has 1 heterocycles. The standard InChI is InChI=1S/C20H17N3O2/c1-14(24)22-20-18(12-7-15-5-3-2-4-6-15)23-19(13-21-20)16-8-10-17(25)11-9-16/h2-13,25H,1H3,(H,21,22,24)/b12-7+. The van der Waals surface area contributed by atoms with E-state index in [1.165, 1.54) is 6.92 Å². The average molecular weight is 331 g/mol. The molecule has 5 nitrogen and oxygen atoms in total. The van der Waals surface area contributed by atoms with Crippen molar-refractivity contribution in [2.24, 2.45) is 0 Å². The molecule has 0 unspecified atom stereocenters. The minimum absolute atomic E-state index is 0.191. The van der Waals surface area contributed by atoms with Crippen LogP contribution in [0.2, 0.25) is 0 Å². The summed E-state index contributed by atoms with van der Waals surface area (Å²) in [5, 5.41) is 12.1. The second kappa shape index (κ2) is 7.40. The van der Waals surface area contributed by atoms with Crippen molar-refractivity contribution < 1.29 is 9.90 Å². The maximum atomic E-state index is 11.4. The van der Waals surface area contributed by atoms with E-state index >= 15 is 0 Å². The Morgan fingerprint density at radius 1 is 1.04 bits per heavy atom. The zero-order valence-corrected chi connectivity index (χ0v) is 13.7. The Balaban J connectivity index is 1.99. The molecule has 0 bridgehead atoms. The fourth-order valence-electron chi connectivity index (χ4n) is 2.29. The van der Waals surface area contributed by atoms with Gasteiger partial charge in [-0.3, -0.25) is 4.79 Å². The number of nitrogens with one attached hydrogen (secondary N) is 1. The predicted octanol–water partition coefficient (Wildman–Crippen LogP) is 3.98. The molecule has 0 saturated heterocycles. The predicted molar refractivity (Wildman–Crippen MR) is 98.8 cm³/mol. The largest absolute Gasteiger partial charge is 0.508 e. The molecule has 3 rings (SSSR count). The van der Waals surface area contributed by atoms with Crippen molar-refractivity contribution >= 4 is 23.9 Å². The summed E-state index contributed by atoms with van der Waals surface area (Å²) >= 11 is 0. The van der Waals surface area contributed by atoms with Gasteiger partial charge in [-0.1, -0.05) is 36.4 Å². The highest BCUT2D eigenvalue weighted by molar-refractivity contribution is 5.90. The van der Waals surface area contributed by atoms with Gasteiger partial charge in [-0.2, -0.15) is 0 Å². The molecule has 124 valence electrons. The number of anilines is 1. The Kier molecular flexibility index (Phi) is 4.85. The number of amides is 1. The molecule has 2 N–H and O–H groups in total. The van der Waals surface area contributed by atoms with Gasteiger partial charge in [0.25, 0.3) is 0 Å². The summed E-state index contributed by atoms with van der Waals surface area (Å²) in [6.45, 7) is 1.43. The van der Waals surface area contributed by atoms with Crippen LogP contribution < -0.4 is 5.32 Å². The van der Waals surface area contributed by atoms with Gasteiger partial charge in [0.15, 0.2) is 5.82 Å². The van der Waals surface area contributed by atoms with Crippen LogP contribution in [0.5, 0.6) is 5.75 Å². The Hall–Kier alpha value is -3.47. The van der Waals surface area contributed by atoms with Crippen molar-refractivity contribution in [3.8, 4) is 17.0 Å². The third-order valence-electron chi connectivity index (χ3n) is 3.49. The Morgan fingerprint density at radius 2 is 1.76 bits per heavy atom. The summed E-state index contributed by atoms with van der Waals surface area (Å²) in [5.74, 6) is 0.388. The van der Waals surface area contributed by atoms with Gasteiger partial charge in [0.1, 0.15) is 11.4 Å². The minimum Gasteiger partial charge on any atom is -0.508 e. The number of benzene rings is 2. The van der Waals surface area contributed by atoms with Gasteiger partial charge in [-0.25, -0.2) is 9.97 Å². The number of aromatic nitrogens is 2. The molecule has 3 aromatic rings. The van der Waals surface area contributed by atoms with Gasteiger partial charge in [0, 0.05) is 12.5 Å². The van der Waals surface area contributed by atoms with E-state index in [4.69, 9.17) is 0 Å². The number of nitrogens with zero attached hydrogens (tertiary/aromatic N) is 2. The first kappa shape index (κ1) is 16.4. The lowest BCUT2D eigenvalue weighted by Gasteiger charge is -2.08. The molecule has 1 aromatic heterocycles. The zero-order valence-electron chi connectivity index (χ0n) is 13.7. The molecule has 2 aromatic carbocycles. The molecular formula is C20H17N3O2. The van der Waals surface area contributed by atoms with E-state index in [9.17, 15) is 9.90 Å². The van der Waals surface area contributed by atoms with E-state index in [2.05, 4.69) is 15.3 Å². The highest BCUT2D eigenvalue weighted by Crippen LogP contribution is 2.23. The summed E-state index contributed by atoms with van der Waals surface area (Å²) < 4.78 is 0. The van der Waals surface area contributed by atoms with Crippen LogP contribution in [0.25, 0.3) is 23.4 Å². The van der Waals surface area contributed by atoms with Crippen LogP contribution in [0.3, 0.4) is 0 Å². The zero-order chi connectivity index (χ0) is 17.6. The van der Waals surface area contributed by atoms with Crippen LogP contribution in [0.4, 0.5) is 5.82 Å². The summed E-state index contributed by atoms with van der Waals surface area (Å²) in [6.07, 6.45) is 5.32. The van der Waals surface area contributed by atoms with Crippen molar-refractivity contribution in [3.63, 3.8) is 0 Å². The third-order valence-corrected chi connectivity index (χ3v) is 3.49. The summed E-state index contributed by atoms with van der Waals surface area (Å²) in [5.41, 5.74) is 3.06. The second-order valence-electron chi connectivity index (χ2n) is 5.46. The fourth-order valence-corrected chi connectivity index (χ4v) is 2.29. The molecule has 0 spiro atoms. The Labute approximate surface area is 145 Å². The third kappa shape index (κ3) is 4.29. The van der Waals surface area contributed by atoms with Gasteiger partial charge < -0.3 is 10.4 Å². The molecule has 0 saturated carbocycles. The van der Waals surface area contributed by atoms with Crippen LogP contribution in [-0.4, -0.2) is 21.0 Å². The molecule has 25 heavy (non-hydrogen) atoms. The number of carbonyl (C=O) groups excluding carboxylic acids is 1. The van der Waals surface area contributed by atoms with Crippen molar-refractivity contribution in [1.82, 2.24) is 9.97 Å². The van der Waals surface area contributed by atoms with E-state index in [0.717, 1.165) is 11.1 Å². The normalized spacial score (nSPS) is 10.8. The average Bonchev–Trinajstić information content (AvgIpc) is 2.62. The quantitative estimate of drug-likeness (QED) is 0.758. The summed E-state index contributed by atoms with van der Waals surface area (Å²) in [6, 6.07) is 16.5. The van der Waals surface area contributed by atoms with Gasteiger partial charge >= 0.3 is 0 Å². The van der Waals surface area contributed by atoms with E-state index in [1.54, 1.807) is 30.5 Å². The second-order valence-corrected chi connectivity index (χ2v) is 5.46. The van der Waals surface area contributed by atoms with Crippen molar-refractivity contribution in [1.29, 1.82) is 0 Å². The Morgan fingerprint density at radius 3 is 2.44 bits per heavy atom. The maximum absolute atomic E-state index is 11.4. The molecule has 0 aliphatic carbocycles. The molecule has 0 aliphatic heterocycles. The number of phenolic OH excluding ortho intramolecular Hbond substituents is 1. The minimum atomic E-state index is -0.207. The van der Waals surface area contributed by atoms with Crippen LogP contribution >= 0.6 is 0 Å². The van der Waals surface area contributed by atoms with E-state index < -0.39 is 0 Å². The first-order valence-corrected chi connectivity index (χ1v) is 7.79. The topological polar surface area (TPSA) is 75.1 Å². The highest BCUT2D eigenvalue weighted by Gasteiger charge is 2.08. The van der Waals surface area contributed by atoms with Crippen LogP contribution in [0.1, 0.15) is 18.2 Å². The highest BCUT2D eigenvalue weighted by atomic mass is 16.3. The van der Waals surface area contributed by atoms with E-state index in [-0.39, 0.29) is 11.7 Å². The SMILES string of the molecule is CC(=O)Nc1ncc(-c2ccc(O)cc2)nc1/C=C/c1ccccc1. The number of carbonyl (C=O) groups is 1. The molecule has 0 atom stereocenters. The van der Waals surface area contributed by atoms with Gasteiger partial charge in [-0.15, -0.1) is 0 Å². The van der Waals surface area contributed by atoms with Crippen LogP contribution in [-0.2, 0) is 4.79 Å². The van der Waals surface area contributed by atoms with Crippen LogP contribution in [0, 0.1) is 0 Å². The van der Waals surface area contributed by atoms with Gasteiger partial charge in [-0.05, 0) is 35.9 Å².